The molecule has 20 heavy (non-hydrogen) atoms. The molecule has 1 unspecified atom stereocenters. The molecule has 0 bridgehead atoms. The van der Waals surface area contributed by atoms with E-state index in [9.17, 15) is 9.59 Å². The number of thioether (sulfide) groups is 2. The minimum Gasteiger partial charge on any atom is -0.474 e. The number of aliphatic carboxylic acids is 1. The Morgan fingerprint density at radius 1 is 1.45 bits per heavy atom. The molecule has 1 atom stereocenters. The molecule has 0 saturated carbocycles. The van der Waals surface area contributed by atoms with Crippen molar-refractivity contribution < 1.29 is 14.7 Å². The predicted octanol–water partition coefficient (Wildman–Crippen LogP) is 2.11. The Kier molecular flexibility index (Phi) is 3.31. The zero-order valence-electron chi connectivity index (χ0n) is 10.4. The van der Waals surface area contributed by atoms with Crippen molar-refractivity contribution >= 4 is 46.6 Å². The highest BCUT2D eigenvalue weighted by Crippen LogP contribution is 2.49. The van der Waals surface area contributed by atoms with Gasteiger partial charge in [-0.3, -0.25) is 10.1 Å². The van der Waals surface area contributed by atoms with Gasteiger partial charge in [-0.05, 0) is 29.5 Å². The number of nitrogens with zero attached hydrogens (tertiary/aromatic N) is 1. The molecule has 2 aliphatic rings. The predicted molar refractivity (Wildman–Crippen MR) is 79.7 cm³/mol. The number of benzene rings is 1. The SMILES string of the molecule is CSc1cccc2c1C=C1SC(NC(=O)C(=O)O)=NC12. The number of carboxylic acids is 1. The second-order valence-electron chi connectivity index (χ2n) is 4.21. The smallest absolute Gasteiger partial charge is 0.394 e. The lowest BCUT2D eigenvalue weighted by Gasteiger charge is -2.07. The Hall–Kier alpha value is -1.73. The van der Waals surface area contributed by atoms with E-state index >= 15 is 0 Å². The molecule has 0 fully saturated rings. The Bertz CT molecular complexity index is 682. The fourth-order valence-electron chi connectivity index (χ4n) is 2.19. The van der Waals surface area contributed by atoms with E-state index in [-0.39, 0.29) is 6.04 Å². The van der Waals surface area contributed by atoms with Crippen molar-refractivity contribution in [2.24, 2.45) is 4.99 Å². The van der Waals surface area contributed by atoms with Crippen molar-refractivity contribution in [2.75, 3.05) is 6.26 Å². The van der Waals surface area contributed by atoms with Crippen LogP contribution in [0.1, 0.15) is 17.2 Å². The number of nitrogens with one attached hydrogen (secondary N) is 1. The van der Waals surface area contributed by atoms with Gasteiger partial charge in [0.15, 0.2) is 5.17 Å². The van der Waals surface area contributed by atoms with Crippen LogP contribution in [0.5, 0.6) is 0 Å². The van der Waals surface area contributed by atoms with Gasteiger partial charge in [0.2, 0.25) is 0 Å². The number of hydrogen-bond acceptors (Lipinski definition) is 5. The summed E-state index contributed by atoms with van der Waals surface area (Å²) in [6.45, 7) is 0. The zero-order valence-corrected chi connectivity index (χ0v) is 12.0. The summed E-state index contributed by atoms with van der Waals surface area (Å²) in [7, 11) is 0. The lowest BCUT2D eigenvalue weighted by atomic mass is 10.1. The van der Waals surface area contributed by atoms with Crippen molar-refractivity contribution in [1.82, 2.24) is 5.32 Å². The summed E-state index contributed by atoms with van der Waals surface area (Å²) in [5, 5.41) is 11.2. The Morgan fingerprint density at radius 3 is 2.95 bits per heavy atom. The fraction of sp³-hybridized carbons (Fsp3) is 0.154. The monoisotopic (exact) mass is 306 g/mol. The molecule has 0 spiro atoms. The molecule has 5 nitrogen and oxygen atoms in total. The average Bonchev–Trinajstić information content (AvgIpc) is 2.95. The summed E-state index contributed by atoms with van der Waals surface area (Å²) in [5.74, 6) is -2.57. The van der Waals surface area contributed by atoms with Gasteiger partial charge in [0.05, 0.1) is 0 Å². The molecule has 1 aromatic carbocycles. The van der Waals surface area contributed by atoms with E-state index in [0.717, 1.165) is 10.5 Å². The first kappa shape index (κ1) is 13.3. The van der Waals surface area contributed by atoms with Crippen LogP contribution >= 0.6 is 23.5 Å². The standard InChI is InChI=1S/C13H10N2O3S2/c1-19-8-4-2-3-6-7(8)5-9-10(6)14-13(20-9)15-11(16)12(17)18/h2-5,10H,1H3,(H,17,18)(H,14,15,16). The number of carbonyl (C=O) groups is 2. The molecule has 0 radical (unpaired) electrons. The maximum absolute atomic E-state index is 11.1. The lowest BCUT2D eigenvalue weighted by Crippen LogP contribution is -2.33. The molecule has 1 aliphatic heterocycles. The molecule has 1 aliphatic carbocycles. The number of rotatable bonds is 1. The van der Waals surface area contributed by atoms with Gasteiger partial charge in [0.25, 0.3) is 0 Å². The summed E-state index contributed by atoms with van der Waals surface area (Å²) in [6.07, 6.45) is 4.08. The summed E-state index contributed by atoms with van der Waals surface area (Å²) in [6, 6.07) is 5.93. The van der Waals surface area contributed by atoms with Gasteiger partial charge in [0.1, 0.15) is 6.04 Å². The normalized spacial score (nSPS) is 18.9. The molecule has 1 heterocycles. The number of carboxylic acid groups (broad SMARTS) is 1. The van der Waals surface area contributed by atoms with E-state index in [0.29, 0.717) is 5.17 Å². The maximum Gasteiger partial charge on any atom is 0.394 e. The van der Waals surface area contributed by atoms with Gasteiger partial charge in [0, 0.05) is 9.80 Å². The van der Waals surface area contributed by atoms with Crippen LogP contribution in [0.3, 0.4) is 0 Å². The number of aliphatic imine (C=N–C) groups is 1. The van der Waals surface area contributed by atoms with Crippen LogP contribution in [0.25, 0.3) is 6.08 Å². The molecule has 0 saturated heterocycles. The Morgan fingerprint density at radius 2 is 2.25 bits per heavy atom. The molecule has 2 N–H and O–H groups in total. The van der Waals surface area contributed by atoms with Gasteiger partial charge in [-0.1, -0.05) is 23.9 Å². The van der Waals surface area contributed by atoms with E-state index in [2.05, 4.69) is 22.5 Å². The van der Waals surface area contributed by atoms with Gasteiger partial charge < -0.3 is 5.11 Å². The van der Waals surface area contributed by atoms with Crippen molar-refractivity contribution in [3.05, 3.63) is 34.2 Å². The Balaban J connectivity index is 1.88. The third kappa shape index (κ3) is 2.12. The Labute approximate surface area is 123 Å². The quantitative estimate of drug-likeness (QED) is 0.613. The fourth-order valence-corrected chi connectivity index (χ4v) is 3.79. The lowest BCUT2D eigenvalue weighted by molar-refractivity contribution is -0.149. The van der Waals surface area contributed by atoms with Crippen molar-refractivity contribution in [1.29, 1.82) is 0 Å². The molecule has 102 valence electrons. The van der Waals surface area contributed by atoms with Crippen molar-refractivity contribution in [3.8, 4) is 0 Å². The average molecular weight is 306 g/mol. The van der Waals surface area contributed by atoms with Crippen LogP contribution in [-0.2, 0) is 9.59 Å². The summed E-state index contributed by atoms with van der Waals surface area (Å²) < 4.78 is 0. The van der Waals surface area contributed by atoms with E-state index in [1.807, 2.05) is 18.4 Å². The minimum atomic E-state index is -1.51. The molecule has 1 amide bonds. The third-order valence-corrected chi connectivity index (χ3v) is 4.82. The first-order chi connectivity index (χ1) is 9.60. The third-order valence-electron chi connectivity index (χ3n) is 3.05. The largest absolute Gasteiger partial charge is 0.474 e. The number of hydrogen-bond donors (Lipinski definition) is 2. The van der Waals surface area contributed by atoms with Crippen molar-refractivity contribution in [3.63, 3.8) is 0 Å². The van der Waals surface area contributed by atoms with E-state index < -0.39 is 11.9 Å². The van der Waals surface area contributed by atoms with Crippen LogP contribution < -0.4 is 5.32 Å². The topological polar surface area (TPSA) is 78.8 Å². The molecule has 0 aromatic heterocycles. The number of carbonyl (C=O) groups excluding carboxylic acids is 1. The van der Waals surface area contributed by atoms with Crippen LogP contribution in [0.15, 0.2) is 33.0 Å². The first-order valence-electron chi connectivity index (χ1n) is 5.78. The molecule has 1 aromatic rings. The highest BCUT2D eigenvalue weighted by molar-refractivity contribution is 8.17. The van der Waals surface area contributed by atoms with Crippen LogP contribution in [0.4, 0.5) is 0 Å². The molecule has 3 rings (SSSR count). The van der Waals surface area contributed by atoms with E-state index in [1.165, 1.54) is 22.2 Å². The molecular formula is C13H10N2O3S2. The van der Waals surface area contributed by atoms with Crippen LogP contribution in [0.2, 0.25) is 0 Å². The first-order valence-corrected chi connectivity index (χ1v) is 7.82. The maximum atomic E-state index is 11.1. The van der Waals surface area contributed by atoms with E-state index in [4.69, 9.17) is 5.11 Å². The molecular weight excluding hydrogens is 296 g/mol. The van der Waals surface area contributed by atoms with Crippen LogP contribution in [-0.4, -0.2) is 28.4 Å². The van der Waals surface area contributed by atoms with Crippen LogP contribution in [0, 0.1) is 0 Å². The summed E-state index contributed by atoms with van der Waals surface area (Å²) >= 11 is 2.99. The summed E-state index contributed by atoms with van der Waals surface area (Å²) in [4.78, 5) is 28.3. The van der Waals surface area contributed by atoms with Gasteiger partial charge >= 0.3 is 11.9 Å². The van der Waals surface area contributed by atoms with Gasteiger partial charge in [-0.15, -0.1) is 11.8 Å². The number of amidine groups is 1. The zero-order chi connectivity index (χ0) is 14.3. The summed E-state index contributed by atoms with van der Waals surface area (Å²) in [5.41, 5.74) is 2.26. The van der Waals surface area contributed by atoms with Gasteiger partial charge in [-0.2, -0.15) is 0 Å². The highest BCUT2D eigenvalue weighted by Gasteiger charge is 2.33. The van der Waals surface area contributed by atoms with E-state index in [1.54, 1.807) is 11.8 Å². The van der Waals surface area contributed by atoms with Crippen molar-refractivity contribution in [2.45, 2.75) is 10.9 Å². The van der Waals surface area contributed by atoms with Gasteiger partial charge in [-0.25, -0.2) is 9.79 Å². The number of amides is 1. The molecule has 7 heteroatoms. The minimum absolute atomic E-state index is 0.119. The highest BCUT2D eigenvalue weighted by atomic mass is 32.2. The number of fused-ring (bicyclic) bond motifs is 3. The second-order valence-corrected chi connectivity index (χ2v) is 6.12. The second kappa shape index (κ2) is 4.99.